The van der Waals surface area contributed by atoms with Gasteiger partial charge in [0.1, 0.15) is 12.4 Å². The van der Waals surface area contributed by atoms with E-state index >= 15 is 0 Å². The molecule has 1 atom stereocenters. The monoisotopic (exact) mass is 445 g/mol. The van der Waals surface area contributed by atoms with Crippen molar-refractivity contribution in [3.63, 3.8) is 0 Å². The summed E-state index contributed by atoms with van der Waals surface area (Å²) in [4.78, 5) is 24.4. The highest BCUT2D eigenvalue weighted by atomic mass is 16.5. The molecule has 0 spiro atoms. The molecule has 3 aromatic carbocycles. The van der Waals surface area contributed by atoms with Gasteiger partial charge in [0.05, 0.1) is 25.3 Å². The number of ether oxygens (including phenoxy) is 2. The van der Waals surface area contributed by atoms with Crippen molar-refractivity contribution in [3.05, 3.63) is 102 Å². The normalized spacial score (nSPS) is 11.5. The largest absolute Gasteiger partial charge is 0.488 e. The van der Waals surface area contributed by atoms with Crippen LogP contribution in [-0.4, -0.2) is 24.8 Å². The number of nitrogens with one attached hydrogen (secondary N) is 2. The summed E-state index contributed by atoms with van der Waals surface area (Å²) in [5.74, 6) is 0.310. The maximum Gasteiger partial charge on any atom is 0.407 e. The first kappa shape index (κ1) is 23.5. The maximum atomic E-state index is 12.5. The Balaban J connectivity index is 1.60. The average molecular weight is 446 g/mol. The predicted octanol–water partition coefficient (Wildman–Crippen LogP) is 4.59. The average Bonchev–Trinajstić information content (AvgIpc) is 2.84. The van der Waals surface area contributed by atoms with Crippen molar-refractivity contribution in [2.45, 2.75) is 26.0 Å². The van der Waals surface area contributed by atoms with E-state index in [1.165, 1.54) is 6.21 Å². The summed E-state index contributed by atoms with van der Waals surface area (Å²) in [6.07, 6.45) is 0.966. The fourth-order valence-corrected chi connectivity index (χ4v) is 3.11. The number of hydrogen-bond donors (Lipinski definition) is 2. The van der Waals surface area contributed by atoms with Crippen LogP contribution in [0.5, 0.6) is 5.75 Å². The topological polar surface area (TPSA) is 89.0 Å². The molecule has 7 heteroatoms. The van der Waals surface area contributed by atoms with Crippen LogP contribution in [0, 0.1) is 0 Å². The van der Waals surface area contributed by atoms with Crippen molar-refractivity contribution in [1.82, 2.24) is 10.7 Å². The summed E-state index contributed by atoms with van der Waals surface area (Å²) >= 11 is 0. The number of carbonyl (C=O) groups excluding carboxylic acids is 2. The van der Waals surface area contributed by atoms with Crippen LogP contribution in [0.25, 0.3) is 0 Å². The van der Waals surface area contributed by atoms with Gasteiger partial charge in [-0.2, -0.15) is 5.10 Å². The lowest BCUT2D eigenvalue weighted by Crippen LogP contribution is -2.33. The van der Waals surface area contributed by atoms with Gasteiger partial charge in [-0.15, -0.1) is 0 Å². The minimum Gasteiger partial charge on any atom is -0.488 e. The summed E-state index contributed by atoms with van der Waals surface area (Å²) < 4.78 is 10.9. The van der Waals surface area contributed by atoms with Crippen molar-refractivity contribution >= 4 is 18.2 Å². The Labute approximate surface area is 193 Å². The first-order valence-corrected chi connectivity index (χ1v) is 10.7. The SMILES string of the molecule is CCOC(=O)N[C@H](CC(=O)N/N=C\c1ccccc1OCc1ccccc1)c1ccccc1. The lowest BCUT2D eigenvalue weighted by Gasteiger charge is -2.18. The van der Waals surface area contributed by atoms with Crippen LogP contribution in [0.1, 0.15) is 36.1 Å². The molecule has 33 heavy (non-hydrogen) atoms. The van der Waals surface area contributed by atoms with Gasteiger partial charge < -0.3 is 14.8 Å². The molecule has 170 valence electrons. The third kappa shape index (κ3) is 7.81. The highest BCUT2D eigenvalue weighted by molar-refractivity contribution is 5.85. The number of para-hydroxylation sites is 1. The third-order valence-electron chi connectivity index (χ3n) is 4.71. The number of alkyl carbamates (subject to hydrolysis) is 1. The zero-order valence-corrected chi connectivity index (χ0v) is 18.4. The van der Waals surface area contributed by atoms with Crippen molar-refractivity contribution < 1.29 is 19.1 Å². The van der Waals surface area contributed by atoms with Gasteiger partial charge in [0.25, 0.3) is 0 Å². The van der Waals surface area contributed by atoms with Gasteiger partial charge in [-0.25, -0.2) is 10.2 Å². The van der Waals surface area contributed by atoms with Crippen LogP contribution in [-0.2, 0) is 16.1 Å². The lowest BCUT2D eigenvalue weighted by atomic mass is 10.0. The van der Waals surface area contributed by atoms with E-state index in [0.717, 1.165) is 16.7 Å². The fraction of sp³-hybridized carbons (Fsp3) is 0.192. The van der Waals surface area contributed by atoms with Crippen molar-refractivity contribution in [2.75, 3.05) is 6.61 Å². The number of amides is 2. The van der Waals surface area contributed by atoms with E-state index in [2.05, 4.69) is 15.8 Å². The first-order chi connectivity index (χ1) is 16.2. The van der Waals surface area contributed by atoms with E-state index in [1.807, 2.05) is 84.9 Å². The maximum absolute atomic E-state index is 12.5. The van der Waals surface area contributed by atoms with Gasteiger partial charge in [0, 0.05) is 5.56 Å². The van der Waals surface area contributed by atoms with E-state index in [0.29, 0.717) is 12.4 Å². The van der Waals surface area contributed by atoms with E-state index < -0.39 is 12.1 Å². The molecule has 0 aliphatic carbocycles. The minimum absolute atomic E-state index is 0.00627. The molecule has 0 saturated carbocycles. The molecule has 3 rings (SSSR count). The molecule has 0 bridgehead atoms. The van der Waals surface area contributed by atoms with Gasteiger partial charge in [0.2, 0.25) is 5.91 Å². The van der Waals surface area contributed by atoms with E-state index in [9.17, 15) is 9.59 Å². The van der Waals surface area contributed by atoms with Crippen molar-refractivity contribution in [2.24, 2.45) is 5.10 Å². The molecule has 0 unspecified atom stereocenters. The summed E-state index contributed by atoms with van der Waals surface area (Å²) in [6.45, 7) is 2.39. The van der Waals surface area contributed by atoms with Crippen molar-refractivity contribution in [1.29, 1.82) is 0 Å². The molecule has 0 heterocycles. The van der Waals surface area contributed by atoms with Crippen LogP contribution < -0.4 is 15.5 Å². The van der Waals surface area contributed by atoms with E-state index in [1.54, 1.807) is 6.92 Å². The number of benzene rings is 3. The van der Waals surface area contributed by atoms with Crippen LogP contribution >= 0.6 is 0 Å². The number of hydrogen-bond acceptors (Lipinski definition) is 5. The molecule has 2 amide bonds. The number of carbonyl (C=O) groups is 2. The zero-order chi connectivity index (χ0) is 23.3. The molecule has 0 radical (unpaired) electrons. The summed E-state index contributed by atoms with van der Waals surface area (Å²) in [7, 11) is 0. The summed E-state index contributed by atoms with van der Waals surface area (Å²) in [5.41, 5.74) is 5.10. The van der Waals surface area contributed by atoms with Gasteiger partial charge in [-0.3, -0.25) is 4.79 Å². The zero-order valence-electron chi connectivity index (χ0n) is 18.4. The molecule has 0 aromatic heterocycles. The third-order valence-corrected chi connectivity index (χ3v) is 4.71. The Kier molecular flexibility index (Phi) is 9.03. The van der Waals surface area contributed by atoms with E-state index in [4.69, 9.17) is 9.47 Å². The second-order valence-corrected chi connectivity index (χ2v) is 7.14. The molecular formula is C26H27N3O4. The van der Waals surface area contributed by atoms with Gasteiger partial charge in [-0.1, -0.05) is 72.8 Å². The van der Waals surface area contributed by atoms with Crippen LogP contribution in [0.15, 0.2) is 90.0 Å². The quantitative estimate of drug-likeness (QED) is 0.353. The Morgan fingerprint density at radius 3 is 2.33 bits per heavy atom. The summed E-state index contributed by atoms with van der Waals surface area (Å²) in [6, 6.07) is 26.0. The first-order valence-electron chi connectivity index (χ1n) is 10.7. The molecule has 3 aromatic rings. The van der Waals surface area contributed by atoms with Gasteiger partial charge >= 0.3 is 6.09 Å². The predicted molar refractivity (Wildman–Crippen MR) is 127 cm³/mol. The van der Waals surface area contributed by atoms with Gasteiger partial charge in [0.15, 0.2) is 0 Å². The number of rotatable bonds is 10. The molecule has 0 aliphatic rings. The molecule has 7 nitrogen and oxygen atoms in total. The Morgan fingerprint density at radius 2 is 1.61 bits per heavy atom. The second-order valence-electron chi connectivity index (χ2n) is 7.14. The fourth-order valence-electron chi connectivity index (χ4n) is 3.11. The second kappa shape index (κ2) is 12.7. The minimum atomic E-state index is -0.577. The van der Waals surface area contributed by atoms with Crippen LogP contribution in [0.4, 0.5) is 4.79 Å². The smallest absolute Gasteiger partial charge is 0.407 e. The molecule has 0 saturated heterocycles. The highest BCUT2D eigenvalue weighted by Crippen LogP contribution is 2.18. The molecule has 2 N–H and O–H groups in total. The highest BCUT2D eigenvalue weighted by Gasteiger charge is 2.18. The van der Waals surface area contributed by atoms with Crippen molar-refractivity contribution in [3.8, 4) is 5.75 Å². The van der Waals surface area contributed by atoms with Crippen LogP contribution in [0.3, 0.4) is 0 Å². The Morgan fingerprint density at radius 1 is 0.939 bits per heavy atom. The Hall–Kier alpha value is -4.13. The molecule has 0 aliphatic heterocycles. The molecule has 0 fully saturated rings. The molecular weight excluding hydrogens is 418 g/mol. The number of nitrogens with zero attached hydrogens (tertiary/aromatic N) is 1. The Bertz CT molecular complexity index is 1060. The van der Waals surface area contributed by atoms with Gasteiger partial charge in [-0.05, 0) is 30.2 Å². The summed E-state index contributed by atoms with van der Waals surface area (Å²) in [5, 5.41) is 6.79. The van der Waals surface area contributed by atoms with E-state index in [-0.39, 0.29) is 18.9 Å². The van der Waals surface area contributed by atoms with Crippen LogP contribution in [0.2, 0.25) is 0 Å². The lowest BCUT2D eigenvalue weighted by molar-refractivity contribution is -0.121. The standard InChI is InChI=1S/C26H27N3O4/c1-2-32-26(31)28-23(21-13-7-4-8-14-21)17-25(30)29-27-18-22-15-9-10-16-24(22)33-19-20-11-5-3-6-12-20/h3-16,18,23H,2,17,19H2,1H3,(H,28,31)(H,29,30)/b27-18-/t23-/m1/s1. The number of hydrazone groups is 1.